The van der Waals surface area contributed by atoms with Gasteiger partial charge in [-0.3, -0.25) is 4.79 Å². The number of hydrogen-bond acceptors (Lipinski definition) is 2. The van der Waals surface area contributed by atoms with Gasteiger partial charge in [-0.25, -0.2) is 0 Å². The van der Waals surface area contributed by atoms with Gasteiger partial charge >= 0.3 is 0 Å². The maximum Gasteiger partial charge on any atom is 0.257 e. The molecule has 0 bridgehead atoms. The Morgan fingerprint density at radius 2 is 2.31 bits per heavy atom. The Balaban J connectivity index is 2.94. The van der Waals surface area contributed by atoms with Gasteiger partial charge in [0.05, 0.1) is 5.56 Å². The summed E-state index contributed by atoms with van der Waals surface area (Å²) in [6.45, 7) is 4.41. The van der Waals surface area contributed by atoms with Crippen molar-refractivity contribution in [2.45, 2.75) is 13.8 Å². The lowest BCUT2D eigenvalue weighted by molar-refractivity contribution is 0.0800. The highest BCUT2D eigenvalue weighted by atomic mass is 79.9. The van der Waals surface area contributed by atoms with Gasteiger partial charge in [-0.15, -0.1) is 0 Å². The molecular formula is C9H12BrNO2. The summed E-state index contributed by atoms with van der Waals surface area (Å²) in [6.07, 6.45) is 0. The largest absolute Gasteiger partial charge is 0.454 e. The molecule has 3 nitrogen and oxygen atoms in total. The van der Waals surface area contributed by atoms with Crippen LogP contribution < -0.4 is 0 Å². The number of aryl methyl sites for hydroxylation is 1. The van der Waals surface area contributed by atoms with Gasteiger partial charge in [-0.2, -0.15) is 0 Å². The van der Waals surface area contributed by atoms with Crippen molar-refractivity contribution in [3.63, 3.8) is 0 Å². The predicted octanol–water partition coefficient (Wildman–Crippen LogP) is 2.44. The van der Waals surface area contributed by atoms with E-state index in [9.17, 15) is 4.79 Å². The molecule has 0 fully saturated rings. The normalized spacial score (nSPS) is 10.2. The van der Waals surface area contributed by atoms with E-state index in [1.165, 1.54) is 0 Å². The van der Waals surface area contributed by atoms with Gasteiger partial charge < -0.3 is 9.32 Å². The quantitative estimate of drug-likeness (QED) is 0.802. The van der Waals surface area contributed by atoms with E-state index in [0.717, 1.165) is 0 Å². The lowest BCUT2D eigenvalue weighted by Crippen LogP contribution is -2.26. The fourth-order valence-corrected chi connectivity index (χ4v) is 1.48. The number of carbonyl (C=O) groups is 1. The maximum atomic E-state index is 11.7. The average molecular weight is 246 g/mol. The molecule has 0 unspecified atom stereocenters. The van der Waals surface area contributed by atoms with Gasteiger partial charge in [0.2, 0.25) is 0 Å². The molecule has 0 aliphatic rings. The molecule has 1 rings (SSSR count). The number of carbonyl (C=O) groups excluding carboxylic acids is 1. The molecule has 1 aromatic rings. The third kappa shape index (κ3) is 2.12. The second-order valence-electron chi connectivity index (χ2n) is 2.84. The first-order valence-electron chi connectivity index (χ1n) is 4.07. The van der Waals surface area contributed by atoms with Crippen molar-refractivity contribution in [2.24, 2.45) is 0 Å². The SMILES string of the molecule is CCN(C)C(=O)c1cc(Br)oc1C. The monoisotopic (exact) mass is 245 g/mol. The number of amides is 1. The smallest absolute Gasteiger partial charge is 0.257 e. The molecule has 1 heterocycles. The van der Waals surface area contributed by atoms with Crippen molar-refractivity contribution in [2.75, 3.05) is 13.6 Å². The summed E-state index contributed by atoms with van der Waals surface area (Å²) in [6, 6.07) is 1.70. The van der Waals surface area contributed by atoms with Crippen LogP contribution in [0.1, 0.15) is 23.0 Å². The first-order valence-corrected chi connectivity index (χ1v) is 4.87. The first kappa shape index (κ1) is 10.3. The Labute approximate surface area is 85.8 Å². The van der Waals surface area contributed by atoms with Crippen LogP contribution in [-0.4, -0.2) is 24.4 Å². The van der Waals surface area contributed by atoms with Gasteiger partial charge in [-0.1, -0.05) is 0 Å². The van der Waals surface area contributed by atoms with Crippen molar-refractivity contribution in [1.29, 1.82) is 0 Å². The average Bonchev–Trinajstić information content (AvgIpc) is 2.42. The van der Waals surface area contributed by atoms with E-state index < -0.39 is 0 Å². The second kappa shape index (κ2) is 3.96. The molecule has 1 aromatic heterocycles. The molecule has 13 heavy (non-hydrogen) atoms. The zero-order valence-corrected chi connectivity index (χ0v) is 9.51. The molecule has 0 aliphatic heterocycles. The standard InChI is InChI=1S/C9H12BrNO2/c1-4-11(3)9(12)7-5-8(10)13-6(7)2/h5H,4H2,1-3H3. The Morgan fingerprint density at radius 1 is 1.69 bits per heavy atom. The zero-order chi connectivity index (χ0) is 10.0. The number of nitrogens with zero attached hydrogens (tertiary/aromatic N) is 1. The van der Waals surface area contributed by atoms with E-state index >= 15 is 0 Å². The third-order valence-electron chi connectivity index (χ3n) is 1.94. The minimum absolute atomic E-state index is 0.00514. The molecule has 0 aliphatic carbocycles. The van der Waals surface area contributed by atoms with Crippen LogP contribution in [0.15, 0.2) is 15.2 Å². The van der Waals surface area contributed by atoms with Gasteiger partial charge in [0.1, 0.15) is 5.76 Å². The van der Waals surface area contributed by atoms with E-state index in [1.807, 2.05) is 6.92 Å². The molecule has 0 radical (unpaired) electrons. The number of furan rings is 1. The van der Waals surface area contributed by atoms with Crippen molar-refractivity contribution < 1.29 is 9.21 Å². The molecule has 0 spiro atoms. The number of halogens is 1. The number of rotatable bonds is 2. The molecular weight excluding hydrogens is 234 g/mol. The van der Waals surface area contributed by atoms with Crippen LogP contribution in [0.3, 0.4) is 0 Å². The molecule has 0 atom stereocenters. The lowest BCUT2D eigenvalue weighted by Gasteiger charge is -2.12. The second-order valence-corrected chi connectivity index (χ2v) is 3.62. The van der Waals surface area contributed by atoms with Crippen molar-refractivity contribution in [3.05, 3.63) is 22.1 Å². The molecule has 1 amide bonds. The van der Waals surface area contributed by atoms with Crippen molar-refractivity contribution in [1.82, 2.24) is 4.90 Å². The molecule has 0 saturated heterocycles. The molecule has 72 valence electrons. The van der Waals surface area contributed by atoms with Crippen molar-refractivity contribution >= 4 is 21.8 Å². The van der Waals surface area contributed by atoms with E-state index in [0.29, 0.717) is 22.5 Å². The van der Waals surface area contributed by atoms with E-state index in [2.05, 4.69) is 15.9 Å². The van der Waals surface area contributed by atoms with Gasteiger partial charge in [-0.05, 0) is 29.8 Å². The minimum Gasteiger partial charge on any atom is -0.454 e. The van der Waals surface area contributed by atoms with Gasteiger partial charge in [0.15, 0.2) is 4.67 Å². The predicted molar refractivity (Wildman–Crippen MR) is 53.8 cm³/mol. The van der Waals surface area contributed by atoms with Crippen LogP contribution in [0.5, 0.6) is 0 Å². The highest BCUT2D eigenvalue weighted by molar-refractivity contribution is 9.10. The Bertz CT molecular complexity index is 319. The fraction of sp³-hybridized carbons (Fsp3) is 0.444. The molecule has 0 saturated carbocycles. The van der Waals surface area contributed by atoms with E-state index in [4.69, 9.17) is 4.42 Å². The van der Waals surface area contributed by atoms with Crippen LogP contribution in [-0.2, 0) is 0 Å². The Morgan fingerprint density at radius 3 is 2.69 bits per heavy atom. The Kier molecular flexibility index (Phi) is 3.14. The first-order chi connectivity index (χ1) is 6.06. The zero-order valence-electron chi connectivity index (χ0n) is 7.93. The van der Waals surface area contributed by atoms with Gasteiger partial charge in [0.25, 0.3) is 5.91 Å². The van der Waals surface area contributed by atoms with Crippen LogP contribution in [0.25, 0.3) is 0 Å². The summed E-state index contributed by atoms with van der Waals surface area (Å²) in [4.78, 5) is 13.3. The fourth-order valence-electron chi connectivity index (χ4n) is 1.01. The highest BCUT2D eigenvalue weighted by Crippen LogP contribution is 2.20. The van der Waals surface area contributed by atoms with Crippen LogP contribution >= 0.6 is 15.9 Å². The third-order valence-corrected chi connectivity index (χ3v) is 2.33. The molecule has 0 aromatic carbocycles. The molecule has 4 heteroatoms. The lowest BCUT2D eigenvalue weighted by atomic mass is 10.2. The van der Waals surface area contributed by atoms with Crippen LogP contribution in [0, 0.1) is 6.92 Å². The Hall–Kier alpha value is -0.770. The number of hydrogen-bond donors (Lipinski definition) is 0. The van der Waals surface area contributed by atoms with Gasteiger partial charge in [0, 0.05) is 19.7 Å². The summed E-state index contributed by atoms with van der Waals surface area (Å²) < 4.78 is 5.79. The summed E-state index contributed by atoms with van der Waals surface area (Å²) in [7, 11) is 1.77. The van der Waals surface area contributed by atoms with Crippen LogP contribution in [0.2, 0.25) is 0 Å². The summed E-state index contributed by atoms with van der Waals surface area (Å²) in [5.74, 6) is 0.645. The maximum absolute atomic E-state index is 11.7. The highest BCUT2D eigenvalue weighted by Gasteiger charge is 2.16. The van der Waals surface area contributed by atoms with Crippen LogP contribution in [0.4, 0.5) is 0 Å². The summed E-state index contributed by atoms with van der Waals surface area (Å²) in [5, 5.41) is 0. The van der Waals surface area contributed by atoms with Crippen molar-refractivity contribution in [3.8, 4) is 0 Å². The minimum atomic E-state index is -0.00514. The van der Waals surface area contributed by atoms with E-state index in [-0.39, 0.29) is 5.91 Å². The summed E-state index contributed by atoms with van der Waals surface area (Å²) in [5.41, 5.74) is 0.622. The molecule has 0 N–H and O–H groups in total. The summed E-state index contributed by atoms with van der Waals surface area (Å²) >= 11 is 3.18. The van der Waals surface area contributed by atoms with E-state index in [1.54, 1.807) is 24.9 Å². The topological polar surface area (TPSA) is 33.5 Å².